The Hall–Kier alpha value is -1.78. The Morgan fingerprint density at radius 3 is 2.35 bits per heavy atom. The Bertz CT molecular complexity index is 526. The standard InChI is InChI=1S/C18H27FN2O2/c1-12-6-5-7-15(19)16(12)20-13-8-10-14(11-9-13)21-17(22)23-18(2,3)4/h5-7,13-14,20H,8-11H2,1-4H3,(H,21,22). The van der Waals surface area contributed by atoms with Crippen LogP contribution < -0.4 is 10.6 Å². The number of hydrogen-bond acceptors (Lipinski definition) is 3. The van der Waals surface area contributed by atoms with Gasteiger partial charge in [-0.25, -0.2) is 9.18 Å². The summed E-state index contributed by atoms with van der Waals surface area (Å²) in [7, 11) is 0. The molecule has 0 aliphatic heterocycles. The number of benzene rings is 1. The van der Waals surface area contributed by atoms with Crippen molar-refractivity contribution in [3.05, 3.63) is 29.6 Å². The molecule has 0 bridgehead atoms. The fourth-order valence-electron chi connectivity index (χ4n) is 2.88. The van der Waals surface area contributed by atoms with Gasteiger partial charge in [0.2, 0.25) is 0 Å². The summed E-state index contributed by atoms with van der Waals surface area (Å²) in [5.41, 5.74) is 1.03. The first-order valence-corrected chi connectivity index (χ1v) is 8.26. The molecule has 5 heteroatoms. The molecule has 1 fully saturated rings. The Kier molecular flexibility index (Phi) is 5.50. The van der Waals surface area contributed by atoms with Gasteiger partial charge in [-0.3, -0.25) is 0 Å². The van der Waals surface area contributed by atoms with Gasteiger partial charge in [-0.2, -0.15) is 0 Å². The van der Waals surface area contributed by atoms with Crippen LogP contribution in [0.5, 0.6) is 0 Å². The lowest BCUT2D eigenvalue weighted by atomic mass is 9.91. The minimum Gasteiger partial charge on any atom is -0.444 e. The fourth-order valence-corrected chi connectivity index (χ4v) is 2.88. The number of rotatable bonds is 3. The zero-order chi connectivity index (χ0) is 17.0. The van der Waals surface area contributed by atoms with Gasteiger partial charge in [-0.1, -0.05) is 12.1 Å². The molecule has 1 aliphatic carbocycles. The number of para-hydroxylation sites is 1. The second kappa shape index (κ2) is 7.20. The SMILES string of the molecule is Cc1cccc(F)c1NC1CCC(NC(=O)OC(C)(C)C)CC1. The molecule has 0 unspecified atom stereocenters. The van der Waals surface area contributed by atoms with Crippen molar-refractivity contribution >= 4 is 11.8 Å². The van der Waals surface area contributed by atoms with Gasteiger partial charge in [-0.05, 0) is 65.0 Å². The predicted molar refractivity (Wildman–Crippen MR) is 90.2 cm³/mol. The number of hydrogen-bond donors (Lipinski definition) is 2. The van der Waals surface area contributed by atoms with Crippen LogP contribution in [0.25, 0.3) is 0 Å². The van der Waals surface area contributed by atoms with Crippen LogP contribution in [0.2, 0.25) is 0 Å². The molecule has 0 radical (unpaired) electrons. The van der Waals surface area contributed by atoms with Crippen molar-refractivity contribution < 1.29 is 13.9 Å². The lowest BCUT2D eigenvalue weighted by molar-refractivity contribution is 0.0492. The normalized spacial score (nSPS) is 21.6. The van der Waals surface area contributed by atoms with Gasteiger partial charge in [0, 0.05) is 12.1 Å². The first kappa shape index (κ1) is 17.6. The van der Waals surface area contributed by atoms with Crippen molar-refractivity contribution in [1.29, 1.82) is 0 Å². The van der Waals surface area contributed by atoms with E-state index in [0.717, 1.165) is 31.2 Å². The van der Waals surface area contributed by atoms with Crippen molar-refractivity contribution in [2.24, 2.45) is 0 Å². The average Bonchev–Trinajstić information content (AvgIpc) is 2.43. The van der Waals surface area contributed by atoms with Crippen molar-refractivity contribution in [2.75, 3.05) is 5.32 Å². The molecule has 0 atom stereocenters. The predicted octanol–water partition coefficient (Wildman–Crippen LogP) is 4.38. The minimum atomic E-state index is -0.481. The molecule has 0 spiro atoms. The highest BCUT2D eigenvalue weighted by molar-refractivity contribution is 5.68. The number of amides is 1. The molecule has 128 valence electrons. The molecular formula is C18H27FN2O2. The third-order valence-corrected chi connectivity index (χ3v) is 4.02. The highest BCUT2D eigenvalue weighted by Crippen LogP contribution is 2.26. The number of ether oxygens (including phenoxy) is 1. The van der Waals surface area contributed by atoms with Gasteiger partial charge in [0.15, 0.2) is 0 Å². The second-order valence-electron chi connectivity index (χ2n) is 7.27. The van der Waals surface area contributed by atoms with Gasteiger partial charge in [0.05, 0.1) is 5.69 Å². The molecule has 0 saturated heterocycles. The molecular weight excluding hydrogens is 295 g/mol. The Morgan fingerprint density at radius 2 is 1.78 bits per heavy atom. The average molecular weight is 322 g/mol. The summed E-state index contributed by atoms with van der Waals surface area (Å²) in [6, 6.07) is 5.47. The van der Waals surface area contributed by atoms with Crippen LogP contribution in [0.4, 0.5) is 14.9 Å². The molecule has 4 nitrogen and oxygen atoms in total. The van der Waals surface area contributed by atoms with E-state index in [1.165, 1.54) is 6.07 Å². The molecule has 1 saturated carbocycles. The largest absolute Gasteiger partial charge is 0.444 e. The number of anilines is 1. The molecule has 0 aromatic heterocycles. The van der Waals surface area contributed by atoms with E-state index in [2.05, 4.69) is 10.6 Å². The molecule has 1 amide bonds. The van der Waals surface area contributed by atoms with Crippen LogP contribution in [0, 0.1) is 12.7 Å². The maximum Gasteiger partial charge on any atom is 0.407 e. The number of carbonyl (C=O) groups is 1. The van der Waals surface area contributed by atoms with Crippen molar-refractivity contribution in [3.63, 3.8) is 0 Å². The smallest absolute Gasteiger partial charge is 0.407 e. The number of halogens is 1. The van der Waals surface area contributed by atoms with E-state index in [9.17, 15) is 9.18 Å². The van der Waals surface area contributed by atoms with Crippen LogP contribution in [-0.2, 0) is 4.74 Å². The van der Waals surface area contributed by atoms with E-state index in [1.54, 1.807) is 6.07 Å². The van der Waals surface area contributed by atoms with Crippen LogP contribution in [0.1, 0.15) is 52.0 Å². The Balaban J connectivity index is 1.81. The summed E-state index contributed by atoms with van der Waals surface area (Å²) in [6.07, 6.45) is 3.16. The summed E-state index contributed by atoms with van der Waals surface area (Å²) in [5, 5.41) is 6.23. The first-order chi connectivity index (χ1) is 10.7. The van der Waals surface area contributed by atoms with E-state index in [1.807, 2.05) is 33.8 Å². The molecule has 1 aliphatic rings. The highest BCUT2D eigenvalue weighted by Gasteiger charge is 2.25. The van der Waals surface area contributed by atoms with Gasteiger partial charge >= 0.3 is 6.09 Å². The van der Waals surface area contributed by atoms with E-state index in [4.69, 9.17) is 4.74 Å². The van der Waals surface area contributed by atoms with Gasteiger partial charge in [0.1, 0.15) is 11.4 Å². The van der Waals surface area contributed by atoms with Crippen molar-refractivity contribution in [1.82, 2.24) is 5.32 Å². The second-order valence-corrected chi connectivity index (χ2v) is 7.27. The Labute approximate surface area is 137 Å². The fraction of sp³-hybridized carbons (Fsp3) is 0.611. The minimum absolute atomic E-state index is 0.129. The zero-order valence-corrected chi connectivity index (χ0v) is 14.4. The summed E-state index contributed by atoms with van der Waals surface area (Å²) in [4.78, 5) is 11.8. The molecule has 1 aromatic carbocycles. The molecule has 2 rings (SSSR count). The monoisotopic (exact) mass is 322 g/mol. The van der Waals surface area contributed by atoms with Crippen LogP contribution in [0.3, 0.4) is 0 Å². The van der Waals surface area contributed by atoms with E-state index < -0.39 is 5.60 Å². The molecule has 1 aromatic rings. The zero-order valence-electron chi connectivity index (χ0n) is 14.4. The third-order valence-electron chi connectivity index (χ3n) is 4.02. The number of aryl methyl sites for hydroxylation is 1. The van der Waals surface area contributed by atoms with Gasteiger partial charge < -0.3 is 15.4 Å². The third kappa shape index (κ3) is 5.41. The van der Waals surface area contributed by atoms with Gasteiger partial charge in [-0.15, -0.1) is 0 Å². The van der Waals surface area contributed by atoms with Crippen molar-refractivity contribution in [3.8, 4) is 0 Å². The van der Waals surface area contributed by atoms with Crippen LogP contribution in [-0.4, -0.2) is 23.8 Å². The van der Waals surface area contributed by atoms with E-state index in [-0.39, 0.29) is 24.0 Å². The quantitative estimate of drug-likeness (QED) is 0.868. The number of alkyl carbamates (subject to hydrolysis) is 1. The molecule has 0 heterocycles. The summed E-state index contributed by atoms with van der Waals surface area (Å²) in [6.45, 7) is 7.46. The van der Waals surface area contributed by atoms with E-state index >= 15 is 0 Å². The van der Waals surface area contributed by atoms with Crippen LogP contribution in [0.15, 0.2) is 18.2 Å². The summed E-state index contributed by atoms with van der Waals surface area (Å²) in [5.74, 6) is -0.209. The topological polar surface area (TPSA) is 50.4 Å². The molecule has 23 heavy (non-hydrogen) atoms. The maximum absolute atomic E-state index is 13.9. The summed E-state index contributed by atoms with van der Waals surface area (Å²) < 4.78 is 19.2. The Morgan fingerprint density at radius 1 is 1.17 bits per heavy atom. The highest BCUT2D eigenvalue weighted by atomic mass is 19.1. The van der Waals surface area contributed by atoms with Gasteiger partial charge in [0.25, 0.3) is 0 Å². The lowest BCUT2D eigenvalue weighted by Crippen LogP contribution is -2.42. The number of carbonyl (C=O) groups excluding carboxylic acids is 1. The first-order valence-electron chi connectivity index (χ1n) is 8.26. The lowest BCUT2D eigenvalue weighted by Gasteiger charge is -2.31. The number of nitrogens with one attached hydrogen (secondary N) is 2. The van der Waals surface area contributed by atoms with E-state index in [0.29, 0.717) is 5.69 Å². The maximum atomic E-state index is 13.9. The van der Waals surface area contributed by atoms with Crippen LogP contribution >= 0.6 is 0 Å². The summed E-state index contributed by atoms with van der Waals surface area (Å²) >= 11 is 0. The van der Waals surface area contributed by atoms with Crippen molar-refractivity contribution in [2.45, 2.75) is 71.1 Å². The molecule has 2 N–H and O–H groups in total.